The van der Waals surface area contributed by atoms with Gasteiger partial charge in [0.05, 0.1) is 29.4 Å². The number of hydrogen-bond acceptors (Lipinski definition) is 8. The van der Waals surface area contributed by atoms with Crippen molar-refractivity contribution >= 4 is 62.5 Å². The average molecular weight is 563 g/mol. The number of amidine groups is 1. The van der Waals surface area contributed by atoms with Crippen molar-refractivity contribution in [2.45, 2.75) is 13.8 Å². The van der Waals surface area contributed by atoms with Crippen LogP contribution < -0.4 is 9.47 Å². The molecule has 1 aliphatic rings. The van der Waals surface area contributed by atoms with E-state index in [1.807, 2.05) is 6.92 Å². The molecule has 0 aromatic heterocycles. The van der Waals surface area contributed by atoms with Gasteiger partial charge in [-0.15, -0.1) is 0 Å². The molecule has 0 aliphatic carbocycles. The molecule has 1 aliphatic heterocycles. The number of aliphatic imine (C=N–C) groups is 1. The molecule has 1 saturated heterocycles. The monoisotopic (exact) mass is 562 g/mol. The van der Waals surface area contributed by atoms with Gasteiger partial charge in [0, 0.05) is 11.5 Å². The van der Waals surface area contributed by atoms with Crippen molar-refractivity contribution in [1.82, 2.24) is 4.90 Å². The Morgan fingerprint density at radius 1 is 1.11 bits per heavy atom. The minimum atomic E-state index is -1.02. The van der Waals surface area contributed by atoms with E-state index in [0.29, 0.717) is 43.9 Å². The largest absolute Gasteiger partial charge is 0.490 e. The first kappa shape index (κ1) is 26.3. The standard InChI is InChI=1S/C24H23BrN2O7S/c1-4-32-18-10-15(17(25)12-19(18)34-13-21(28)33-5-2)11-20-22(29)27(3)24(35-20)26-16-8-6-14(7-9-16)23(30)31/h6-12H,4-5,13H2,1-3H3,(H,30,31)/b20-11-,26-24?. The number of nitrogens with zero attached hydrogens (tertiary/aromatic N) is 2. The summed E-state index contributed by atoms with van der Waals surface area (Å²) in [6, 6.07) is 9.46. The van der Waals surface area contributed by atoms with Gasteiger partial charge in [0.15, 0.2) is 23.3 Å². The highest BCUT2D eigenvalue weighted by Gasteiger charge is 2.30. The molecule has 0 saturated carbocycles. The summed E-state index contributed by atoms with van der Waals surface area (Å²) in [5.74, 6) is -0.959. The van der Waals surface area contributed by atoms with Gasteiger partial charge in [0.2, 0.25) is 0 Å². The SMILES string of the molecule is CCOC(=O)COc1cc(Br)c(/C=C2\SC(=Nc3ccc(C(=O)O)cc3)N(C)C2=O)cc1OCC. The third kappa shape index (κ3) is 6.64. The summed E-state index contributed by atoms with van der Waals surface area (Å²) < 4.78 is 16.8. The molecule has 0 unspecified atom stereocenters. The molecule has 11 heteroatoms. The number of thioether (sulfide) groups is 1. The van der Waals surface area contributed by atoms with Crippen LogP contribution in [0.4, 0.5) is 5.69 Å². The highest BCUT2D eigenvalue weighted by atomic mass is 79.9. The molecular formula is C24H23BrN2O7S. The number of benzene rings is 2. The Bertz CT molecular complexity index is 1200. The number of carboxylic acids is 1. The van der Waals surface area contributed by atoms with Gasteiger partial charge in [0.25, 0.3) is 5.91 Å². The van der Waals surface area contributed by atoms with E-state index in [4.69, 9.17) is 19.3 Å². The minimum absolute atomic E-state index is 0.155. The van der Waals surface area contributed by atoms with Crippen molar-refractivity contribution in [2.24, 2.45) is 4.99 Å². The van der Waals surface area contributed by atoms with Crippen LogP contribution in [0.25, 0.3) is 6.08 Å². The van der Waals surface area contributed by atoms with Gasteiger partial charge >= 0.3 is 11.9 Å². The van der Waals surface area contributed by atoms with E-state index in [-0.39, 0.29) is 24.7 Å². The summed E-state index contributed by atoms with van der Waals surface area (Å²) in [5.41, 5.74) is 1.36. The smallest absolute Gasteiger partial charge is 0.344 e. The van der Waals surface area contributed by atoms with E-state index in [9.17, 15) is 14.4 Å². The van der Waals surface area contributed by atoms with Crippen molar-refractivity contribution < 1.29 is 33.7 Å². The van der Waals surface area contributed by atoms with E-state index in [0.717, 1.165) is 0 Å². The van der Waals surface area contributed by atoms with Gasteiger partial charge in [-0.25, -0.2) is 14.6 Å². The quantitative estimate of drug-likeness (QED) is 0.344. The number of halogens is 1. The van der Waals surface area contributed by atoms with Gasteiger partial charge in [-0.1, -0.05) is 15.9 Å². The second kappa shape index (κ2) is 11.9. The van der Waals surface area contributed by atoms with Crippen LogP contribution >= 0.6 is 27.7 Å². The van der Waals surface area contributed by atoms with Crippen LogP contribution in [0.5, 0.6) is 11.5 Å². The highest BCUT2D eigenvalue weighted by Crippen LogP contribution is 2.38. The van der Waals surface area contributed by atoms with Crippen LogP contribution in [0.15, 0.2) is 50.8 Å². The number of rotatable bonds is 9. The summed E-state index contributed by atoms with van der Waals surface area (Å²) in [7, 11) is 1.62. The zero-order valence-electron chi connectivity index (χ0n) is 19.2. The number of aromatic carboxylic acids is 1. The van der Waals surface area contributed by atoms with Crippen molar-refractivity contribution in [3.05, 3.63) is 56.9 Å². The second-order valence-corrected chi connectivity index (χ2v) is 8.93. The molecule has 9 nitrogen and oxygen atoms in total. The third-order valence-corrected chi connectivity index (χ3v) is 6.39. The predicted molar refractivity (Wildman–Crippen MR) is 136 cm³/mol. The summed E-state index contributed by atoms with van der Waals surface area (Å²) in [6.45, 7) is 3.92. The molecule has 3 rings (SSSR count). The van der Waals surface area contributed by atoms with Crippen molar-refractivity contribution in [2.75, 3.05) is 26.9 Å². The van der Waals surface area contributed by atoms with E-state index in [1.54, 1.807) is 44.3 Å². The first-order valence-corrected chi connectivity index (χ1v) is 12.2. The van der Waals surface area contributed by atoms with Crippen LogP contribution in [0, 0.1) is 0 Å². The topological polar surface area (TPSA) is 115 Å². The molecule has 2 aromatic carbocycles. The minimum Gasteiger partial charge on any atom is -0.490 e. The summed E-state index contributed by atoms with van der Waals surface area (Å²) in [5, 5.41) is 9.50. The van der Waals surface area contributed by atoms with E-state index < -0.39 is 11.9 Å². The van der Waals surface area contributed by atoms with E-state index in [2.05, 4.69) is 20.9 Å². The van der Waals surface area contributed by atoms with Gasteiger partial charge < -0.3 is 19.3 Å². The lowest BCUT2D eigenvalue weighted by Gasteiger charge is -2.13. The lowest BCUT2D eigenvalue weighted by atomic mass is 10.2. The summed E-state index contributed by atoms with van der Waals surface area (Å²) in [6.07, 6.45) is 1.71. The number of carbonyl (C=O) groups excluding carboxylic acids is 2. The zero-order valence-corrected chi connectivity index (χ0v) is 21.6. The molecule has 2 aromatic rings. The molecule has 1 heterocycles. The number of carbonyl (C=O) groups is 3. The fourth-order valence-corrected chi connectivity index (χ4v) is 4.38. The van der Waals surface area contributed by atoms with Gasteiger partial charge in [-0.3, -0.25) is 9.69 Å². The molecule has 0 radical (unpaired) electrons. The first-order chi connectivity index (χ1) is 16.7. The molecule has 1 fully saturated rings. The number of likely N-dealkylation sites (N-methyl/N-ethyl adjacent to an activating group) is 1. The van der Waals surface area contributed by atoms with Gasteiger partial charge in [-0.05, 0) is 73.6 Å². The summed E-state index contributed by atoms with van der Waals surface area (Å²) in [4.78, 5) is 41.9. The number of hydrogen-bond donors (Lipinski definition) is 1. The van der Waals surface area contributed by atoms with Crippen LogP contribution in [-0.4, -0.2) is 59.9 Å². The number of amides is 1. The second-order valence-electron chi connectivity index (χ2n) is 7.07. The van der Waals surface area contributed by atoms with E-state index >= 15 is 0 Å². The van der Waals surface area contributed by atoms with Gasteiger partial charge in [-0.2, -0.15) is 0 Å². The molecule has 0 bridgehead atoms. The van der Waals surface area contributed by atoms with Crippen LogP contribution in [0.2, 0.25) is 0 Å². The Kier molecular flexibility index (Phi) is 8.94. The first-order valence-electron chi connectivity index (χ1n) is 10.6. The van der Waals surface area contributed by atoms with Crippen molar-refractivity contribution in [3.63, 3.8) is 0 Å². The maximum absolute atomic E-state index is 12.8. The maximum Gasteiger partial charge on any atom is 0.344 e. The van der Waals surface area contributed by atoms with Crippen LogP contribution in [0.3, 0.4) is 0 Å². The molecule has 184 valence electrons. The van der Waals surface area contributed by atoms with Crippen molar-refractivity contribution in [3.8, 4) is 11.5 Å². The molecular weight excluding hydrogens is 540 g/mol. The lowest BCUT2D eigenvalue weighted by Crippen LogP contribution is -2.23. The molecule has 35 heavy (non-hydrogen) atoms. The Morgan fingerprint density at radius 3 is 2.43 bits per heavy atom. The fourth-order valence-electron chi connectivity index (χ4n) is 2.96. The number of carboxylic acid groups (broad SMARTS) is 1. The normalized spacial score (nSPS) is 15.5. The molecule has 1 N–H and O–H groups in total. The van der Waals surface area contributed by atoms with Gasteiger partial charge in [0.1, 0.15) is 0 Å². The van der Waals surface area contributed by atoms with Crippen LogP contribution in [0.1, 0.15) is 29.8 Å². The highest BCUT2D eigenvalue weighted by molar-refractivity contribution is 9.10. The van der Waals surface area contributed by atoms with E-state index in [1.165, 1.54) is 28.8 Å². The Labute approximate surface area is 214 Å². The molecule has 0 spiro atoms. The summed E-state index contributed by atoms with van der Waals surface area (Å²) >= 11 is 4.69. The number of ether oxygens (including phenoxy) is 3. The Hall–Kier alpha value is -3.31. The molecule has 0 atom stereocenters. The lowest BCUT2D eigenvalue weighted by molar-refractivity contribution is -0.145. The average Bonchev–Trinajstić information content (AvgIpc) is 3.08. The fraction of sp³-hybridized carbons (Fsp3) is 0.250. The Balaban J connectivity index is 1.86. The zero-order chi connectivity index (χ0) is 25.5. The Morgan fingerprint density at radius 2 is 1.80 bits per heavy atom. The number of esters is 1. The molecule has 1 amide bonds. The maximum atomic E-state index is 12.8. The van der Waals surface area contributed by atoms with Crippen LogP contribution in [-0.2, 0) is 14.3 Å². The third-order valence-electron chi connectivity index (χ3n) is 4.64. The van der Waals surface area contributed by atoms with Crippen molar-refractivity contribution in [1.29, 1.82) is 0 Å². The predicted octanol–water partition coefficient (Wildman–Crippen LogP) is 4.72.